The molecule has 0 atom stereocenters. The monoisotopic (exact) mass is 305 g/mol. The van der Waals surface area contributed by atoms with Gasteiger partial charge in [0.05, 0.1) is 5.56 Å². The third-order valence-electron chi connectivity index (χ3n) is 4.07. The summed E-state index contributed by atoms with van der Waals surface area (Å²) in [4.78, 5) is 19.2. The highest BCUT2D eigenvalue weighted by atomic mass is 32.1. The zero-order valence-corrected chi connectivity index (χ0v) is 13.1. The summed E-state index contributed by atoms with van der Waals surface area (Å²) < 4.78 is 2.23. The third-order valence-corrected chi connectivity index (χ3v) is 4.26. The molecule has 0 radical (unpaired) electrons. The zero-order valence-electron chi connectivity index (χ0n) is 12.3. The minimum atomic E-state index is -0.000974. The first-order chi connectivity index (χ1) is 10.1. The molecule has 112 valence electrons. The fourth-order valence-electron chi connectivity index (χ4n) is 2.95. The lowest BCUT2D eigenvalue weighted by Gasteiger charge is -2.29. The van der Waals surface area contributed by atoms with E-state index < -0.39 is 0 Å². The van der Waals surface area contributed by atoms with Crippen molar-refractivity contribution >= 4 is 12.2 Å². The van der Waals surface area contributed by atoms with E-state index in [2.05, 4.69) is 27.0 Å². The Morgan fingerprint density at radius 2 is 2.14 bits per heavy atom. The van der Waals surface area contributed by atoms with E-state index in [4.69, 9.17) is 12.2 Å². The topological polar surface area (TPSA) is 69.7 Å². The minimum absolute atomic E-state index is 0.000974. The molecule has 0 saturated heterocycles. The quantitative estimate of drug-likeness (QED) is 0.847. The zero-order chi connectivity index (χ0) is 15.0. The van der Waals surface area contributed by atoms with Gasteiger partial charge in [-0.05, 0) is 37.3 Å². The molecule has 0 bridgehead atoms. The Hall–Kier alpha value is -1.73. The molecule has 2 aromatic rings. The number of aromatic nitrogens is 4. The first-order valence-electron chi connectivity index (χ1n) is 7.27. The second-order valence-electron chi connectivity index (χ2n) is 5.21. The Kier molecular flexibility index (Phi) is 3.77. The summed E-state index contributed by atoms with van der Waals surface area (Å²) in [6.07, 6.45) is 0.920. The molecule has 21 heavy (non-hydrogen) atoms. The number of fused-ring (bicyclic) bond motifs is 1. The number of H-pyrrole nitrogens is 2. The fourth-order valence-corrected chi connectivity index (χ4v) is 3.09. The summed E-state index contributed by atoms with van der Waals surface area (Å²) in [5.74, 6) is 0.517. The van der Waals surface area contributed by atoms with Gasteiger partial charge in [-0.25, -0.2) is 0 Å². The van der Waals surface area contributed by atoms with Crippen LogP contribution in [0.2, 0.25) is 0 Å². The summed E-state index contributed by atoms with van der Waals surface area (Å²) >= 11 is 4.98. The maximum Gasteiger partial charge on any atom is 0.261 e. The lowest BCUT2D eigenvalue weighted by molar-refractivity contribution is 0.262. The summed E-state index contributed by atoms with van der Waals surface area (Å²) in [7, 11) is 0. The van der Waals surface area contributed by atoms with E-state index in [9.17, 15) is 4.79 Å². The molecule has 0 amide bonds. The summed E-state index contributed by atoms with van der Waals surface area (Å²) in [5, 5.41) is 5.63. The molecule has 2 N–H and O–H groups in total. The van der Waals surface area contributed by atoms with Crippen molar-refractivity contribution in [2.45, 2.75) is 33.4 Å². The average Bonchev–Trinajstić information content (AvgIpc) is 2.92. The van der Waals surface area contributed by atoms with Gasteiger partial charge in [-0.3, -0.25) is 19.9 Å². The van der Waals surface area contributed by atoms with Crippen molar-refractivity contribution in [3.63, 3.8) is 0 Å². The van der Waals surface area contributed by atoms with Crippen LogP contribution in [0, 0.1) is 4.77 Å². The van der Waals surface area contributed by atoms with Crippen molar-refractivity contribution < 1.29 is 0 Å². The number of nitrogens with zero attached hydrogens (tertiary/aromatic N) is 3. The maximum absolute atomic E-state index is 12.7. The van der Waals surface area contributed by atoms with Gasteiger partial charge >= 0.3 is 0 Å². The SMILES string of the molecule is CCN1CCc2c(cc(-c3nc(=S)[nH][nH]3)c(=O)n2CC)C1. The normalized spacial score (nSPS) is 15.1. The van der Waals surface area contributed by atoms with Crippen LogP contribution in [0.1, 0.15) is 25.1 Å². The molecule has 0 unspecified atom stereocenters. The molecule has 0 aromatic carbocycles. The number of pyridine rings is 1. The molecule has 0 fully saturated rings. The molecule has 6 nitrogen and oxygen atoms in total. The van der Waals surface area contributed by atoms with Gasteiger partial charge in [-0.15, -0.1) is 0 Å². The number of hydrogen-bond acceptors (Lipinski definition) is 4. The molecule has 3 rings (SSSR count). The highest BCUT2D eigenvalue weighted by Crippen LogP contribution is 2.21. The van der Waals surface area contributed by atoms with Crippen molar-refractivity contribution in [2.24, 2.45) is 0 Å². The van der Waals surface area contributed by atoms with Crippen LogP contribution in [-0.4, -0.2) is 37.7 Å². The first kappa shape index (κ1) is 14.2. The summed E-state index contributed by atoms with van der Waals surface area (Å²) in [5.41, 5.74) is 2.95. The van der Waals surface area contributed by atoms with E-state index in [1.54, 1.807) is 0 Å². The molecule has 1 aliphatic rings. The Labute approximate surface area is 127 Å². The molecule has 3 heterocycles. The lowest BCUT2D eigenvalue weighted by atomic mass is 10.0. The highest BCUT2D eigenvalue weighted by Gasteiger charge is 2.21. The predicted octanol–water partition coefficient (Wildman–Crippen LogP) is 1.69. The van der Waals surface area contributed by atoms with Gasteiger partial charge in [0.2, 0.25) is 4.77 Å². The molecular formula is C14H19N5OS. The first-order valence-corrected chi connectivity index (χ1v) is 7.67. The van der Waals surface area contributed by atoms with Gasteiger partial charge < -0.3 is 4.57 Å². The van der Waals surface area contributed by atoms with Gasteiger partial charge in [-0.1, -0.05) is 6.92 Å². The number of nitrogens with one attached hydrogen (secondary N) is 2. The highest BCUT2D eigenvalue weighted by molar-refractivity contribution is 7.71. The van der Waals surface area contributed by atoms with E-state index in [0.29, 0.717) is 22.7 Å². The molecule has 0 spiro atoms. The number of likely N-dealkylation sites (N-methyl/N-ethyl adjacent to an activating group) is 1. The summed E-state index contributed by atoms with van der Waals surface area (Å²) in [6, 6.07) is 1.97. The molecular weight excluding hydrogens is 286 g/mol. The van der Waals surface area contributed by atoms with Gasteiger partial charge in [0.1, 0.15) is 0 Å². The Morgan fingerprint density at radius 3 is 2.76 bits per heavy atom. The van der Waals surface area contributed by atoms with Crippen molar-refractivity contribution in [1.82, 2.24) is 24.6 Å². The smallest absolute Gasteiger partial charge is 0.261 e. The van der Waals surface area contributed by atoms with Crippen LogP contribution in [0.3, 0.4) is 0 Å². The molecule has 0 saturated carbocycles. The Morgan fingerprint density at radius 1 is 1.33 bits per heavy atom. The van der Waals surface area contributed by atoms with Gasteiger partial charge in [0, 0.05) is 31.7 Å². The van der Waals surface area contributed by atoms with Crippen molar-refractivity contribution in [1.29, 1.82) is 0 Å². The standard InChI is InChI=1S/C14H19N5OS/c1-3-18-6-5-11-9(8-18)7-10(13(20)19(11)4-2)12-15-14(21)17-16-12/h7H,3-6,8H2,1-2H3,(H2,15,16,17,21). The molecule has 2 aromatic heterocycles. The second kappa shape index (κ2) is 5.57. The van der Waals surface area contributed by atoms with E-state index in [1.165, 1.54) is 5.56 Å². The van der Waals surface area contributed by atoms with E-state index in [-0.39, 0.29) is 5.56 Å². The second-order valence-corrected chi connectivity index (χ2v) is 5.60. The maximum atomic E-state index is 12.7. The van der Waals surface area contributed by atoms with Gasteiger partial charge in [0.15, 0.2) is 5.82 Å². The minimum Gasteiger partial charge on any atom is -0.312 e. The fraction of sp³-hybridized carbons (Fsp3) is 0.500. The number of aromatic amines is 2. The van der Waals surface area contributed by atoms with E-state index >= 15 is 0 Å². The van der Waals surface area contributed by atoms with Crippen molar-refractivity contribution in [3.8, 4) is 11.4 Å². The molecule has 7 heteroatoms. The van der Waals surface area contributed by atoms with Crippen LogP contribution in [0.4, 0.5) is 0 Å². The van der Waals surface area contributed by atoms with Gasteiger partial charge in [-0.2, -0.15) is 4.98 Å². The predicted molar refractivity (Wildman–Crippen MR) is 83.8 cm³/mol. The van der Waals surface area contributed by atoms with Crippen LogP contribution in [0.25, 0.3) is 11.4 Å². The van der Waals surface area contributed by atoms with E-state index in [0.717, 1.165) is 31.7 Å². The Balaban J connectivity index is 2.19. The van der Waals surface area contributed by atoms with Crippen molar-refractivity contribution in [3.05, 3.63) is 32.4 Å². The van der Waals surface area contributed by atoms with Crippen molar-refractivity contribution in [2.75, 3.05) is 13.1 Å². The van der Waals surface area contributed by atoms with Gasteiger partial charge in [0.25, 0.3) is 5.56 Å². The number of hydrogen-bond donors (Lipinski definition) is 2. The van der Waals surface area contributed by atoms with Crippen LogP contribution in [0.5, 0.6) is 0 Å². The average molecular weight is 305 g/mol. The molecule has 1 aliphatic heterocycles. The summed E-state index contributed by atoms with van der Waals surface area (Å²) in [6.45, 7) is 7.74. The largest absolute Gasteiger partial charge is 0.312 e. The molecule has 0 aliphatic carbocycles. The Bertz CT molecular complexity index is 772. The van der Waals surface area contributed by atoms with Crippen LogP contribution >= 0.6 is 12.2 Å². The van der Waals surface area contributed by atoms with Crippen LogP contribution in [0.15, 0.2) is 10.9 Å². The number of rotatable bonds is 3. The van der Waals surface area contributed by atoms with E-state index in [1.807, 2.05) is 17.6 Å². The van der Waals surface area contributed by atoms with Crippen LogP contribution < -0.4 is 5.56 Å². The van der Waals surface area contributed by atoms with Crippen LogP contribution in [-0.2, 0) is 19.5 Å². The third kappa shape index (κ3) is 2.47. The lowest BCUT2D eigenvalue weighted by Crippen LogP contribution is -2.36.